The third-order valence-corrected chi connectivity index (χ3v) is 4.78. The Morgan fingerprint density at radius 3 is 2.33 bits per heavy atom. The standard InChI is InChI=1S/C14H17ClO5S/c1-18-13-10-5-3-6-19-12(10)11(8-21(15,16)17)9-4-2-7-20-14(9)13/h2-8H2,1H3. The van der Waals surface area contributed by atoms with Gasteiger partial charge in [0.05, 0.1) is 26.1 Å². The largest absolute Gasteiger partial charge is 0.493 e. The molecule has 0 bridgehead atoms. The molecule has 0 saturated heterocycles. The van der Waals surface area contributed by atoms with Crippen LogP contribution in [0.25, 0.3) is 0 Å². The van der Waals surface area contributed by atoms with E-state index in [1.54, 1.807) is 7.11 Å². The van der Waals surface area contributed by atoms with Gasteiger partial charge in [-0.15, -0.1) is 0 Å². The summed E-state index contributed by atoms with van der Waals surface area (Å²) in [6, 6.07) is 0. The van der Waals surface area contributed by atoms with Gasteiger partial charge >= 0.3 is 0 Å². The Bertz CT molecular complexity index is 631. The van der Waals surface area contributed by atoms with Crippen LogP contribution in [0.2, 0.25) is 0 Å². The van der Waals surface area contributed by atoms with Crippen LogP contribution in [0.4, 0.5) is 0 Å². The summed E-state index contributed by atoms with van der Waals surface area (Å²) in [4.78, 5) is 0. The monoisotopic (exact) mass is 332 g/mol. The summed E-state index contributed by atoms with van der Waals surface area (Å²) in [7, 11) is 3.40. The Balaban J connectivity index is 2.26. The van der Waals surface area contributed by atoms with Crippen LogP contribution in [0.15, 0.2) is 0 Å². The Morgan fingerprint density at radius 2 is 1.71 bits per heavy atom. The van der Waals surface area contributed by atoms with Crippen molar-refractivity contribution in [2.45, 2.75) is 31.4 Å². The maximum absolute atomic E-state index is 11.6. The van der Waals surface area contributed by atoms with Crippen molar-refractivity contribution >= 4 is 19.7 Å². The predicted octanol–water partition coefficient (Wildman–Crippen LogP) is 2.41. The van der Waals surface area contributed by atoms with Crippen LogP contribution >= 0.6 is 10.7 Å². The van der Waals surface area contributed by atoms with E-state index in [4.69, 9.17) is 24.9 Å². The van der Waals surface area contributed by atoms with Crippen LogP contribution in [-0.4, -0.2) is 28.7 Å². The molecule has 1 aromatic carbocycles. The van der Waals surface area contributed by atoms with Gasteiger partial charge in [-0.3, -0.25) is 0 Å². The molecule has 0 radical (unpaired) electrons. The molecule has 116 valence electrons. The van der Waals surface area contributed by atoms with Gasteiger partial charge in [-0.2, -0.15) is 0 Å². The second kappa shape index (κ2) is 5.57. The summed E-state index contributed by atoms with van der Waals surface area (Å²) in [5.74, 6) is 1.71. The first-order valence-corrected chi connectivity index (χ1v) is 9.41. The Kier molecular flexibility index (Phi) is 3.92. The van der Waals surface area contributed by atoms with Gasteiger partial charge < -0.3 is 14.2 Å². The van der Waals surface area contributed by atoms with E-state index >= 15 is 0 Å². The molecule has 0 N–H and O–H groups in total. The van der Waals surface area contributed by atoms with E-state index in [2.05, 4.69) is 0 Å². The van der Waals surface area contributed by atoms with E-state index in [1.165, 1.54) is 0 Å². The van der Waals surface area contributed by atoms with Gasteiger partial charge in [0.1, 0.15) is 5.75 Å². The summed E-state index contributed by atoms with van der Waals surface area (Å²) < 4.78 is 40.1. The smallest absolute Gasteiger partial charge is 0.236 e. The minimum atomic E-state index is -3.67. The molecule has 0 amide bonds. The average molecular weight is 333 g/mol. The Hall–Kier alpha value is -1.14. The molecule has 2 aliphatic heterocycles. The summed E-state index contributed by atoms with van der Waals surface area (Å²) in [6.45, 7) is 1.18. The lowest BCUT2D eigenvalue weighted by atomic mass is 9.93. The van der Waals surface area contributed by atoms with Crippen molar-refractivity contribution in [1.82, 2.24) is 0 Å². The minimum Gasteiger partial charge on any atom is -0.493 e. The Labute approximate surface area is 128 Å². The molecule has 1 aromatic rings. The minimum absolute atomic E-state index is 0.243. The third kappa shape index (κ3) is 2.79. The van der Waals surface area contributed by atoms with Crippen molar-refractivity contribution in [1.29, 1.82) is 0 Å². The number of benzene rings is 1. The third-order valence-electron chi connectivity index (χ3n) is 3.82. The van der Waals surface area contributed by atoms with E-state index in [0.29, 0.717) is 36.0 Å². The molecule has 21 heavy (non-hydrogen) atoms. The van der Waals surface area contributed by atoms with E-state index in [-0.39, 0.29) is 5.75 Å². The van der Waals surface area contributed by atoms with Crippen LogP contribution in [0, 0.1) is 0 Å². The van der Waals surface area contributed by atoms with Crippen LogP contribution in [-0.2, 0) is 27.6 Å². The van der Waals surface area contributed by atoms with Crippen molar-refractivity contribution in [3.8, 4) is 17.2 Å². The number of hydrogen-bond donors (Lipinski definition) is 0. The highest BCUT2D eigenvalue weighted by Gasteiger charge is 2.31. The van der Waals surface area contributed by atoms with Gasteiger partial charge in [0.25, 0.3) is 0 Å². The highest BCUT2D eigenvalue weighted by molar-refractivity contribution is 8.13. The van der Waals surface area contributed by atoms with Gasteiger partial charge in [0, 0.05) is 27.4 Å². The maximum Gasteiger partial charge on any atom is 0.236 e. The van der Waals surface area contributed by atoms with Crippen LogP contribution in [0.3, 0.4) is 0 Å². The lowest BCUT2D eigenvalue weighted by Gasteiger charge is -2.29. The van der Waals surface area contributed by atoms with Crippen LogP contribution in [0.1, 0.15) is 29.5 Å². The number of fused-ring (bicyclic) bond motifs is 2. The van der Waals surface area contributed by atoms with Crippen LogP contribution in [0.5, 0.6) is 17.2 Å². The number of halogens is 1. The number of ether oxygens (including phenoxy) is 3. The topological polar surface area (TPSA) is 61.8 Å². The van der Waals surface area contributed by atoms with Crippen molar-refractivity contribution < 1.29 is 22.6 Å². The molecule has 2 heterocycles. The van der Waals surface area contributed by atoms with E-state index in [9.17, 15) is 8.42 Å². The lowest BCUT2D eigenvalue weighted by molar-refractivity contribution is 0.251. The normalized spacial score (nSPS) is 17.2. The zero-order valence-corrected chi connectivity index (χ0v) is 13.3. The summed E-state index contributed by atoms with van der Waals surface area (Å²) in [5.41, 5.74) is 2.37. The zero-order chi connectivity index (χ0) is 15.0. The number of hydrogen-bond acceptors (Lipinski definition) is 5. The maximum atomic E-state index is 11.6. The molecule has 0 fully saturated rings. The molecular formula is C14H17ClO5S. The van der Waals surface area contributed by atoms with Gasteiger partial charge in [-0.05, 0) is 25.7 Å². The first-order valence-electron chi connectivity index (χ1n) is 6.93. The zero-order valence-electron chi connectivity index (χ0n) is 11.8. The number of methoxy groups -OCH3 is 1. The SMILES string of the molecule is COc1c2c(c(CS(=O)(=O)Cl)c3c1OCCC3)OCCC2. The fourth-order valence-corrected chi connectivity index (χ4v) is 4.02. The molecule has 7 heteroatoms. The second-order valence-corrected chi connectivity index (χ2v) is 7.99. The van der Waals surface area contributed by atoms with E-state index < -0.39 is 9.05 Å². The van der Waals surface area contributed by atoms with E-state index in [1.807, 2.05) is 0 Å². The summed E-state index contributed by atoms with van der Waals surface area (Å²) in [5, 5.41) is 0. The van der Waals surface area contributed by atoms with E-state index in [0.717, 1.165) is 36.8 Å². The fourth-order valence-electron chi connectivity index (χ4n) is 3.04. The summed E-state index contributed by atoms with van der Waals surface area (Å²) in [6.07, 6.45) is 3.23. The van der Waals surface area contributed by atoms with Crippen molar-refractivity contribution in [2.24, 2.45) is 0 Å². The molecular weight excluding hydrogens is 316 g/mol. The molecule has 5 nitrogen and oxygen atoms in total. The summed E-state index contributed by atoms with van der Waals surface area (Å²) >= 11 is 0. The molecule has 0 atom stereocenters. The fraction of sp³-hybridized carbons (Fsp3) is 0.571. The Morgan fingerprint density at radius 1 is 1.10 bits per heavy atom. The molecule has 0 spiro atoms. The van der Waals surface area contributed by atoms with Gasteiger partial charge in [-0.25, -0.2) is 8.42 Å². The first-order chi connectivity index (χ1) is 10.0. The lowest BCUT2D eigenvalue weighted by Crippen LogP contribution is -2.19. The number of rotatable bonds is 3. The first kappa shape index (κ1) is 14.8. The molecule has 0 unspecified atom stereocenters. The highest BCUT2D eigenvalue weighted by atomic mass is 35.7. The van der Waals surface area contributed by atoms with Gasteiger partial charge in [0.15, 0.2) is 11.5 Å². The van der Waals surface area contributed by atoms with Gasteiger partial charge in [0.2, 0.25) is 9.05 Å². The molecule has 3 rings (SSSR count). The molecule has 0 aromatic heterocycles. The van der Waals surface area contributed by atoms with Gasteiger partial charge in [-0.1, -0.05) is 0 Å². The average Bonchev–Trinajstić information content (AvgIpc) is 2.46. The van der Waals surface area contributed by atoms with Crippen LogP contribution < -0.4 is 14.2 Å². The molecule has 2 aliphatic rings. The predicted molar refractivity (Wildman–Crippen MR) is 79.1 cm³/mol. The molecule has 0 aliphatic carbocycles. The quantitative estimate of drug-likeness (QED) is 0.795. The second-order valence-electron chi connectivity index (χ2n) is 5.21. The highest BCUT2D eigenvalue weighted by Crippen LogP contribution is 2.48. The van der Waals surface area contributed by atoms with Crippen molar-refractivity contribution in [3.05, 3.63) is 16.7 Å². The van der Waals surface area contributed by atoms with Crippen molar-refractivity contribution in [2.75, 3.05) is 20.3 Å². The van der Waals surface area contributed by atoms with Crippen molar-refractivity contribution in [3.63, 3.8) is 0 Å². The molecule has 0 saturated carbocycles.